The van der Waals surface area contributed by atoms with Gasteiger partial charge in [-0.2, -0.15) is 0 Å². The first kappa shape index (κ1) is 32.8. The van der Waals surface area contributed by atoms with Gasteiger partial charge in [-0.3, -0.25) is 4.79 Å². The van der Waals surface area contributed by atoms with Gasteiger partial charge >= 0.3 is 0 Å². The highest BCUT2D eigenvalue weighted by Gasteiger charge is 2.48. The number of fused-ring (bicyclic) bond motifs is 3. The summed E-state index contributed by atoms with van der Waals surface area (Å²) >= 11 is 1.41. The molecule has 5 rings (SSSR count). The number of aliphatic hydroxyl groups excluding tert-OH is 3. The highest BCUT2D eigenvalue weighted by molar-refractivity contribution is 7.99. The van der Waals surface area contributed by atoms with E-state index in [-0.39, 0.29) is 12.0 Å². The van der Waals surface area contributed by atoms with Crippen molar-refractivity contribution in [2.45, 2.75) is 114 Å². The largest absolute Gasteiger partial charge is 0.388 e. The molecule has 0 aromatic carbocycles. The summed E-state index contributed by atoms with van der Waals surface area (Å²) in [5.74, 6) is 1.75. The molecule has 2 bridgehead atoms. The van der Waals surface area contributed by atoms with Crippen LogP contribution in [0.5, 0.6) is 0 Å². The number of hydrogen-bond acceptors (Lipinski definition) is 9. The van der Waals surface area contributed by atoms with Gasteiger partial charge in [0, 0.05) is 13.2 Å². The smallest absolute Gasteiger partial charge is 0.240 e. The van der Waals surface area contributed by atoms with Crippen LogP contribution < -0.4 is 10.6 Å². The molecular weight excluding hydrogens is 518 g/mol. The Bertz CT molecular complexity index is 750. The summed E-state index contributed by atoms with van der Waals surface area (Å²) in [6.45, 7) is 10.6. The number of carbonyl (C=O) groups excluding carboxylic acids is 1. The monoisotopic (exact) mass is 571 g/mol. The van der Waals surface area contributed by atoms with Gasteiger partial charge in [-0.1, -0.05) is 39.3 Å². The Morgan fingerprint density at radius 2 is 1.74 bits per heavy atom. The lowest BCUT2D eigenvalue weighted by Crippen LogP contribution is -2.63. The maximum Gasteiger partial charge on any atom is 0.240 e. The fraction of sp³-hybridized carbons (Fsp3) is 0.897. The molecule has 9 nitrogen and oxygen atoms in total. The van der Waals surface area contributed by atoms with Crippen LogP contribution in [-0.4, -0.2) is 113 Å². The summed E-state index contributed by atoms with van der Waals surface area (Å²) in [4.78, 5) is 15.5. The molecule has 0 spiro atoms. The van der Waals surface area contributed by atoms with Crippen molar-refractivity contribution in [2.75, 3.05) is 39.0 Å². The van der Waals surface area contributed by atoms with E-state index in [1.807, 2.05) is 12.2 Å². The molecule has 39 heavy (non-hydrogen) atoms. The van der Waals surface area contributed by atoms with Gasteiger partial charge in [0.15, 0.2) is 0 Å². The van der Waals surface area contributed by atoms with Crippen LogP contribution in [0.2, 0.25) is 0 Å². The predicted molar refractivity (Wildman–Crippen MR) is 156 cm³/mol. The van der Waals surface area contributed by atoms with Crippen molar-refractivity contribution in [2.24, 2.45) is 11.8 Å². The van der Waals surface area contributed by atoms with Gasteiger partial charge in [0.05, 0.1) is 12.1 Å². The standard InChI is InChI=1S/C20H32N2O6S.C5H11N.C4H10/c23-14-15(24)18-12(7-2-1-5-9-29-20(28-18)16(14)25)22-19(26)13-17-11(10-21-13)6-3-4-8-27-17;1-6-4-2-3-5-6;1-4(2)3/h1-2,11-18,20-21,23-25H,3-10H2,(H,22,26);2-5H2,1H3;4H,1-3H3/b2-1-;;/t11-,12+,13?,14?,15?,16?,17?,18?,20?;;/m0../s1. The molecule has 10 heteroatoms. The molecule has 4 fully saturated rings. The molecule has 0 aliphatic carbocycles. The fourth-order valence-corrected chi connectivity index (χ4v) is 6.70. The summed E-state index contributed by atoms with van der Waals surface area (Å²) in [6, 6.07) is -0.942. The average Bonchev–Trinajstić information content (AvgIpc) is 3.48. The van der Waals surface area contributed by atoms with Crippen LogP contribution in [-0.2, 0) is 14.3 Å². The number of likely N-dealkylation sites (tertiary alicyclic amines) is 1. The number of rotatable bonds is 2. The lowest BCUT2D eigenvalue weighted by molar-refractivity contribution is -0.205. The Morgan fingerprint density at radius 1 is 1.03 bits per heavy atom. The first-order valence-electron chi connectivity index (χ1n) is 15.0. The van der Waals surface area contributed by atoms with Crippen LogP contribution in [0.25, 0.3) is 0 Å². The molecular formula is C29H53N3O6S. The SMILES string of the molecule is CC(C)C.CN1CCCC1.O=C(N[C@@H]1C/C=C\CCSC2OC1C(O)C(O)C2O)C1NC[C@@H]2CCCCOC12. The Hall–Kier alpha value is -0.720. The van der Waals surface area contributed by atoms with Crippen LogP contribution in [0, 0.1) is 11.8 Å². The molecule has 1 amide bonds. The third kappa shape index (κ3) is 9.95. The molecule has 0 aromatic rings. The second kappa shape index (κ2) is 16.7. The summed E-state index contributed by atoms with van der Waals surface area (Å²) < 4.78 is 11.9. The summed E-state index contributed by atoms with van der Waals surface area (Å²) in [5, 5.41) is 37.5. The Balaban J connectivity index is 0.000000355. The van der Waals surface area contributed by atoms with E-state index >= 15 is 0 Å². The Labute approximate surface area is 239 Å². The van der Waals surface area contributed by atoms with E-state index in [1.165, 1.54) is 37.7 Å². The number of amides is 1. The topological polar surface area (TPSA) is 124 Å². The van der Waals surface area contributed by atoms with E-state index in [0.717, 1.165) is 43.9 Å². The zero-order valence-corrected chi connectivity index (χ0v) is 25.2. The zero-order valence-electron chi connectivity index (χ0n) is 24.3. The number of thioether (sulfide) groups is 1. The molecule has 9 atom stereocenters. The molecule has 5 heterocycles. The molecule has 0 saturated carbocycles. The second-order valence-electron chi connectivity index (χ2n) is 12.1. The highest BCUT2D eigenvalue weighted by Crippen LogP contribution is 2.32. The minimum Gasteiger partial charge on any atom is -0.388 e. The molecule has 226 valence electrons. The van der Waals surface area contributed by atoms with Crippen molar-refractivity contribution in [1.82, 2.24) is 15.5 Å². The number of nitrogens with one attached hydrogen (secondary N) is 2. The van der Waals surface area contributed by atoms with Gasteiger partial charge in [0.2, 0.25) is 5.91 Å². The minimum absolute atomic E-state index is 0.138. The lowest BCUT2D eigenvalue weighted by atomic mass is 9.92. The average molecular weight is 572 g/mol. The molecule has 5 aliphatic heterocycles. The van der Waals surface area contributed by atoms with E-state index in [2.05, 4.69) is 43.4 Å². The number of carbonyl (C=O) groups is 1. The molecule has 0 radical (unpaired) electrons. The molecule has 7 unspecified atom stereocenters. The normalized spacial score (nSPS) is 39.7. The minimum atomic E-state index is -1.31. The van der Waals surface area contributed by atoms with Crippen LogP contribution in [0.1, 0.15) is 65.7 Å². The Morgan fingerprint density at radius 3 is 2.41 bits per heavy atom. The maximum absolute atomic E-state index is 13.1. The number of hydrogen-bond donors (Lipinski definition) is 5. The van der Waals surface area contributed by atoms with E-state index in [0.29, 0.717) is 18.9 Å². The van der Waals surface area contributed by atoms with Crippen LogP contribution in [0.15, 0.2) is 12.2 Å². The Kier molecular flexibility index (Phi) is 14.0. The van der Waals surface area contributed by atoms with E-state index in [4.69, 9.17) is 9.47 Å². The van der Waals surface area contributed by atoms with Crippen molar-refractivity contribution < 1.29 is 29.6 Å². The summed E-state index contributed by atoms with van der Waals surface area (Å²) in [7, 11) is 2.17. The van der Waals surface area contributed by atoms with Crippen LogP contribution in [0.3, 0.4) is 0 Å². The highest BCUT2D eigenvalue weighted by atomic mass is 32.2. The second-order valence-corrected chi connectivity index (χ2v) is 13.3. The first-order valence-corrected chi connectivity index (χ1v) is 16.0. The van der Waals surface area contributed by atoms with E-state index in [9.17, 15) is 20.1 Å². The summed E-state index contributed by atoms with van der Waals surface area (Å²) in [5.41, 5.74) is -0.636. The van der Waals surface area contributed by atoms with Crippen LogP contribution in [0.4, 0.5) is 0 Å². The van der Waals surface area contributed by atoms with Gasteiger partial charge in [0.1, 0.15) is 35.9 Å². The van der Waals surface area contributed by atoms with Gasteiger partial charge < -0.3 is 40.3 Å². The van der Waals surface area contributed by atoms with Gasteiger partial charge in [-0.05, 0) is 76.3 Å². The van der Waals surface area contributed by atoms with Crippen molar-refractivity contribution in [3.8, 4) is 0 Å². The fourth-order valence-electron chi connectivity index (χ4n) is 5.63. The van der Waals surface area contributed by atoms with Crippen molar-refractivity contribution in [3.05, 3.63) is 12.2 Å². The molecule has 0 aromatic heterocycles. The van der Waals surface area contributed by atoms with Gasteiger partial charge in [0.25, 0.3) is 0 Å². The number of allylic oxidation sites excluding steroid dienone is 1. The van der Waals surface area contributed by atoms with E-state index < -0.39 is 41.9 Å². The lowest BCUT2D eigenvalue weighted by Gasteiger charge is -2.43. The zero-order chi connectivity index (χ0) is 28.4. The number of nitrogens with zero attached hydrogens (tertiary/aromatic N) is 1. The first-order chi connectivity index (χ1) is 18.7. The third-order valence-electron chi connectivity index (χ3n) is 7.74. The van der Waals surface area contributed by atoms with Crippen molar-refractivity contribution in [3.63, 3.8) is 0 Å². The predicted octanol–water partition coefficient (Wildman–Crippen LogP) is 1.89. The molecule has 5 aliphatic rings. The molecule has 5 N–H and O–H groups in total. The number of aliphatic hydroxyl groups is 3. The number of ether oxygens (including phenoxy) is 2. The van der Waals surface area contributed by atoms with E-state index in [1.54, 1.807) is 0 Å². The van der Waals surface area contributed by atoms with Gasteiger partial charge in [-0.15, -0.1) is 11.8 Å². The van der Waals surface area contributed by atoms with Crippen molar-refractivity contribution >= 4 is 17.7 Å². The molecule has 4 saturated heterocycles. The van der Waals surface area contributed by atoms with Gasteiger partial charge in [-0.25, -0.2) is 0 Å². The van der Waals surface area contributed by atoms with Crippen molar-refractivity contribution in [1.29, 1.82) is 0 Å². The quantitative estimate of drug-likeness (QED) is 0.316. The van der Waals surface area contributed by atoms with Crippen LogP contribution >= 0.6 is 11.8 Å². The maximum atomic E-state index is 13.1. The third-order valence-corrected chi connectivity index (χ3v) is 8.93. The summed E-state index contributed by atoms with van der Waals surface area (Å²) in [6.07, 6.45) is 6.64.